The van der Waals surface area contributed by atoms with Crippen LogP contribution >= 0.6 is 0 Å². The summed E-state index contributed by atoms with van der Waals surface area (Å²) in [5.41, 5.74) is 0. The first kappa shape index (κ1) is 40.7. The molecule has 0 amide bonds. The molecule has 1 N–H and O–H groups in total. The van der Waals surface area contributed by atoms with Gasteiger partial charge in [-0.3, -0.25) is 4.55 Å². The smallest absolute Gasteiger partial charge is 0.281 e. The molecule has 42 heavy (non-hydrogen) atoms. The molecule has 0 aromatic heterocycles. The maximum Gasteiger partial charge on any atom is 0.460 e. The Morgan fingerprint density at radius 1 is 0.595 bits per heavy atom. The summed E-state index contributed by atoms with van der Waals surface area (Å²) < 4.78 is 245. The van der Waals surface area contributed by atoms with Crippen molar-refractivity contribution < 1.29 is 92.7 Å². The molecule has 2 unspecified atom stereocenters. The third kappa shape index (κ3) is 10.1. The highest BCUT2D eigenvalue weighted by atomic mass is 32.2. The molecule has 0 bridgehead atoms. The van der Waals surface area contributed by atoms with Crippen LogP contribution in [0.5, 0.6) is 0 Å². The number of halogens is 16. The Morgan fingerprint density at radius 3 is 1.21 bits per heavy atom. The molecule has 0 aliphatic carbocycles. The van der Waals surface area contributed by atoms with E-state index in [-0.39, 0.29) is 25.7 Å². The molecule has 0 heterocycles. The van der Waals surface area contributed by atoms with Gasteiger partial charge in [0.2, 0.25) is 0 Å². The molecule has 0 saturated carbocycles. The number of hydrogen-bond acceptors (Lipinski definition) is 4. The minimum Gasteiger partial charge on any atom is -0.281 e. The van der Waals surface area contributed by atoms with Crippen LogP contribution in [-0.2, 0) is 19.6 Å². The predicted molar refractivity (Wildman–Crippen MR) is 110 cm³/mol. The SMILES string of the molecule is CCC(CCC(CC)CCC(F)(F)C(F)(F)OC(F)(F)C(F)(F)S(=O)(=O)O)CCC(F)(F)C(F)(F)OC(F)(F)C(F)F. The highest BCUT2D eigenvalue weighted by Gasteiger charge is 2.73. The molecular weight excluding hydrogens is 656 g/mol. The Morgan fingerprint density at radius 2 is 0.929 bits per heavy atom. The first-order chi connectivity index (χ1) is 18.4. The fourth-order valence-electron chi connectivity index (χ4n) is 3.37. The van der Waals surface area contributed by atoms with Gasteiger partial charge in [0.1, 0.15) is 0 Å². The molecule has 5 nitrogen and oxygen atoms in total. The lowest BCUT2D eigenvalue weighted by molar-refractivity contribution is -0.456. The average molecular weight is 682 g/mol. The van der Waals surface area contributed by atoms with Crippen LogP contribution in [-0.4, -0.2) is 60.9 Å². The first-order valence-electron chi connectivity index (χ1n) is 11.7. The Kier molecular flexibility index (Phi) is 13.4. The number of hydrogen-bond donors (Lipinski definition) is 1. The molecule has 0 aromatic carbocycles. The van der Waals surface area contributed by atoms with Gasteiger partial charge in [-0.05, 0) is 24.7 Å². The molecule has 0 aliphatic rings. The second-order valence-corrected chi connectivity index (χ2v) is 10.7. The van der Waals surface area contributed by atoms with Crippen LogP contribution in [0.1, 0.15) is 65.2 Å². The van der Waals surface area contributed by atoms with Gasteiger partial charge in [0.15, 0.2) is 0 Å². The van der Waals surface area contributed by atoms with Crippen molar-refractivity contribution in [2.24, 2.45) is 11.8 Å². The second kappa shape index (κ2) is 13.8. The van der Waals surface area contributed by atoms with Crippen LogP contribution in [0.4, 0.5) is 70.2 Å². The average Bonchev–Trinajstić information content (AvgIpc) is 2.78. The summed E-state index contributed by atoms with van der Waals surface area (Å²) in [6.07, 6.45) is -36.4. The van der Waals surface area contributed by atoms with E-state index in [2.05, 4.69) is 9.47 Å². The van der Waals surface area contributed by atoms with E-state index in [1.165, 1.54) is 13.8 Å². The second-order valence-electron chi connectivity index (χ2n) is 9.22. The highest BCUT2D eigenvalue weighted by Crippen LogP contribution is 2.49. The van der Waals surface area contributed by atoms with Gasteiger partial charge in [-0.25, -0.2) is 18.3 Å². The molecule has 22 heteroatoms. The van der Waals surface area contributed by atoms with E-state index in [1.807, 2.05) is 0 Å². The van der Waals surface area contributed by atoms with Crippen molar-refractivity contribution >= 4 is 10.1 Å². The fourth-order valence-corrected chi connectivity index (χ4v) is 3.72. The van der Waals surface area contributed by atoms with Crippen molar-refractivity contribution in [1.82, 2.24) is 0 Å². The Balaban J connectivity index is 5.30. The standard InChI is InChI=1S/C20H26F16O5S/c1-3-11(7-9-14(23,24)17(29,30)40-16(27,28)13(21)22)5-6-12(4-2)8-10-15(25,26)18(31,32)41-19(33,34)20(35,36)42(37,38)39/h11-13H,3-10H2,1-2H3,(H,37,38,39). The lowest BCUT2D eigenvalue weighted by Crippen LogP contribution is -2.55. The molecule has 2 atom stereocenters. The zero-order valence-electron chi connectivity index (χ0n) is 21.4. The first-order valence-corrected chi connectivity index (χ1v) is 13.2. The minimum atomic E-state index is -7.11. The molecule has 0 rings (SSSR count). The number of ether oxygens (including phenoxy) is 2. The highest BCUT2D eigenvalue weighted by molar-refractivity contribution is 7.86. The van der Waals surface area contributed by atoms with Crippen molar-refractivity contribution in [1.29, 1.82) is 0 Å². The minimum absolute atomic E-state index is 0.0642. The van der Waals surface area contributed by atoms with Crippen LogP contribution in [0.2, 0.25) is 0 Å². The van der Waals surface area contributed by atoms with Gasteiger partial charge in [-0.2, -0.15) is 69.9 Å². The van der Waals surface area contributed by atoms with Crippen molar-refractivity contribution in [2.45, 2.75) is 113 Å². The largest absolute Gasteiger partial charge is 0.460 e. The topological polar surface area (TPSA) is 72.8 Å². The third-order valence-corrected chi connectivity index (χ3v) is 7.05. The van der Waals surface area contributed by atoms with Crippen molar-refractivity contribution in [3.05, 3.63) is 0 Å². The summed E-state index contributed by atoms with van der Waals surface area (Å²) in [6.45, 7) is 2.63. The quantitative estimate of drug-likeness (QED) is 0.103. The van der Waals surface area contributed by atoms with Crippen LogP contribution in [0.3, 0.4) is 0 Å². The zero-order valence-corrected chi connectivity index (χ0v) is 22.2. The fraction of sp³-hybridized carbons (Fsp3) is 1.00. The summed E-state index contributed by atoms with van der Waals surface area (Å²) >= 11 is 0. The van der Waals surface area contributed by atoms with Crippen LogP contribution in [0.25, 0.3) is 0 Å². The molecule has 0 spiro atoms. The molecule has 0 saturated heterocycles. The van der Waals surface area contributed by atoms with E-state index < -0.39 is 95.6 Å². The summed E-state index contributed by atoms with van der Waals surface area (Å²) in [7, 11) is -7.11. The van der Waals surface area contributed by atoms with Crippen molar-refractivity contribution in [3.63, 3.8) is 0 Å². The van der Waals surface area contributed by atoms with E-state index in [0.29, 0.717) is 0 Å². The van der Waals surface area contributed by atoms with Crippen LogP contribution < -0.4 is 0 Å². The molecular formula is C20H26F16O5S. The Bertz CT molecular complexity index is 958. The zero-order chi connectivity index (χ0) is 33.8. The van der Waals surface area contributed by atoms with Gasteiger partial charge in [-0.15, -0.1) is 0 Å². The number of rotatable bonds is 20. The van der Waals surface area contributed by atoms with E-state index in [1.54, 1.807) is 0 Å². The van der Waals surface area contributed by atoms with Gasteiger partial charge >= 0.3 is 58.1 Å². The van der Waals surface area contributed by atoms with E-state index in [0.717, 1.165) is 0 Å². The van der Waals surface area contributed by atoms with Gasteiger partial charge in [-0.1, -0.05) is 39.5 Å². The van der Waals surface area contributed by atoms with Crippen LogP contribution in [0.15, 0.2) is 0 Å². The normalized spacial score (nSPS) is 16.7. The Labute approximate surface area is 228 Å². The van der Waals surface area contributed by atoms with Crippen molar-refractivity contribution in [2.75, 3.05) is 0 Å². The number of alkyl halides is 16. The predicted octanol–water partition coefficient (Wildman–Crippen LogP) is 8.80. The van der Waals surface area contributed by atoms with Gasteiger partial charge in [0.25, 0.3) is 0 Å². The lowest BCUT2D eigenvalue weighted by Gasteiger charge is -2.32. The van der Waals surface area contributed by atoms with Crippen LogP contribution in [0, 0.1) is 11.8 Å². The maximum atomic E-state index is 14.0. The van der Waals surface area contributed by atoms with Gasteiger partial charge in [0.05, 0.1) is 0 Å². The molecule has 0 aliphatic heterocycles. The van der Waals surface area contributed by atoms with Gasteiger partial charge < -0.3 is 0 Å². The third-order valence-electron chi connectivity index (χ3n) is 6.16. The van der Waals surface area contributed by atoms with E-state index in [4.69, 9.17) is 4.55 Å². The van der Waals surface area contributed by atoms with Gasteiger partial charge in [0, 0.05) is 12.8 Å². The molecule has 0 aromatic rings. The summed E-state index contributed by atoms with van der Waals surface area (Å²) in [6, 6.07) is 0. The Hall–Kier alpha value is -1.29. The molecule has 0 fully saturated rings. The van der Waals surface area contributed by atoms with Crippen molar-refractivity contribution in [3.8, 4) is 0 Å². The molecule has 0 radical (unpaired) electrons. The lowest BCUT2D eigenvalue weighted by atomic mass is 9.86. The summed E-state index contributed by atoms with van der Waals surface area (Å²) in [4.78, 5) is 0. The summed E-state index contributed by atoms with van der Waals surface area (Å²) in [5.74, 6) is -13.0. The van der Waals surface area contributed by atoms with E-state index in [9.17, 15) is 78.7 Å². The van der Waals surface area contributed by atoms with E-state index >= 15 is 0 Å². The monoisotopic (exact) mass is 682 g/mol. The molecule has 254 valence electrons. The summed E-state index contributed by atoms with van der Waals surface area (Å²) in [5, 5.41) is -6.75. The maximum absolute atomic E-state index is 14.0.